The minimum atomic E-state index is -0.0973. The van der Waals surface area contributed by atoms with Gasteiger partial charge in [-0.05, 0) is 44.4 Å². The molecule has 0 aliphatic carbocycles. The van der Waals surface area contributed by atoms with Gasteiger partial charge < -0.3 is 10.4 Å². The Labute approximate surface area is 154 Å². The molecule has 0 aliphatic heterocycles. The molecule has 0 saturated heterocycles. The Hall–Kier alpha value is -1.13. The molecule has 1 unspecified atom stereocenters. The van der Waals surface area contributed by atoms with Crippen molar-refractivity contribution in [2.75, 3.05) is 0 Å². The molecule has 0 aliphatic rings. The minimum absolute atomic E-state index is 0.0440. The van der Waals surface area contributed by atoms with E-state index in [2.05, 4.69) is 18.8 Å². The van der Waals surface area contributed by atoms with Gasteiger partial charge in [0.05, 0.1) is 12.1 Å². The molecule has 142 valence electrons. The number of Topliss-reactive ketones (excluding diaryl/α,β-unsaturated/α-hetero) is 1. The third-order valence-corrected chi connectivity index (χ3v) is 3.35. The van der Waals surface area contributed by atoms with Gasteiger partial charge in [0, 0.05) is 5.70 Å². The van der Waals surface area contributed by atoms with Gasteiger partial charge in [-0.3, -0.25) is 4.79 Å². The summed E-state index contributed by atoms with van der Waals surface area (Å²) in [6.07, 6.45) is 4.02. The molecule has 3 nitrogen and oxygen atoms in total. The highest BCUT2D eigenvalue weighted by Gasteiger charge is 2.08. The first-order valence-electron chi connectivity index (χ1n) is 8.92. The largest absolute Gasteiger partial charge is 0.393 e. The number of unbranched alkanes of at least 4 members (excludes halogenated alkanes) is 1. The highest BCUT2D eigenvalue weighted by Crippen LogP contribution is 1.97. The Kier molecular flexibility index (Phi) is 25.2. The quantitative estimate of drug-likeness (QED) is 0.647. The second-order valence-electron chi connectivity index (χ2n) is 5.28. The predicted octanol–water partition coefficient (Wildman–Crippen LogP) is 5.81. The molecule has 0 spiro atoms. The van der Waals surface area contributed by atoms with Crippen molar-refractivity contribution in [2.24, 2.45) is 0 Å². The van der Waals surface area contributed by atoms with Crippen LogP contribution in [0.1, 0.15) is 74.1 Å². The molecular weight excluding hydrogens is 318 g/mol. The molecule has 1 aromatic heterocycles. The van der Waals surface area contributed by atoms with Crippen molar-refractivity contribution in [3.05, 3.63) is 35.2 Å². The van der Waals surface area contributed by atoms with Crippen molar-refractivity contribution in [3.63, 3.8) is 0 Å². The molecule has 4 heteroatoms. The van der Waals surface area contributed by atoms with Gasteiger partial charge in [0.2, 0.25) is 0 Å². The van der Waals surface area contributed by atoms with Crippen LogP contribution in [0.4, 0.5) is 0 Å². The number of hydrogen-bond donors (Lipinski definition) is 2. The van der Waals surface area contributed by atoms with E-state index in [1.165, 1.54) is 6.42 Å². The SMILES string of the molecule is C=C(C)N[C@@H](CC)C(C)=O.CC.CCCCC(C)O.c1ccsc1. The van der Waals surface area contributed by atoms with Crippen molar-refractivity contribution in [3.8, 4) is 0 Å². The zero-order chi connectivity index (χ0) is 19.4. The van der Waals surface area contributed by atoms with Gasteiger partial charge in [0.25, 0.3) is 0 Å². The van der Waals surface area contributed by atoms with Gasteiger partial charge >= 0.3 is 0 Å². The van der Waals surface area contributed by atoms with E-state index in [0.717, 1.165) is 25.0 Å². The van der Waals surface area contributed by atoms with Gasteiger partial charge in [-0.2, -0.15) is 11.3 Å². The van der Waals surface area contributed by atoms with Gasteiger partial charge in [-0.25, -0.2) is 0 Å². The first-order valence-corrected chi connectivity index (χ1v) is 9.87. The smallest absolute Gasteiger partial charge is 0.151 e. The molecule has 0 amide bonds. The van der Waals surface area contributed by atoms with Crippen LogP contribution in [-0.2, 0) is 4.79 Å². The third-order valence-electron chi connectivity index (χ3n) is 2.72. The Bertz CT molecular complexity index is 345. The topological polar surface area (TPSA) is 49.3 Å². The average molecular weight is 358 g/mol. The van der Waals surface area contributed by atoms with Crippen LogP contribution < -0.4 is 5.32 Å². The number of aliphatic hydroxyl groups is 1. The van der Waals surface area contributed by atoms with E-state index in [0.29, 0.717) is 0 Å². The lowest BCUT2D eigenvalue weighted by molar-refractivity contribution is -0.118. The highest BCUT2D eigenvalue weighted by molar-refractivity contribution is 7.07. The van der Waals surface area contributed by atoms with Crippen LogP contribution in [-0.4, -0.2) is 23.0 Å². The first kappa shape index (κ1) is 27.7. The number of carbonyl (C=O) groups excluding carboxylic acids is 1. The summed E-state index contributed by atoms with van der Waals surface area (Å²) in [7, 11) is 0. The van der Waals surface area contributed by atoms with Crippen LogP contribution in [0.15, 0.2) is 35.2 Å². The molecule has 0 saturated carbocycles. The molecule has 0 radical (unpaired) electrons. The molecule has 24 heavy (non-hydrogen) atoms. The summed E-state index contributed by atoms with van der Waals surface area (Å²) in [5, 5.41) is 15.8. The lowest BCUT2D eigenvalue weighted by Gasteiger charge is -2.13. The number of nitrogens with one attached hydrogen (secondary N) is 1. The number of carbonyl (C=O) groups is 1. The van der Waals surface area contributed by atoms with Crippen molar-refractivity contribution >= 4 is 17.1 Å². The summed E-state index contributed by atoms with van der Waals surface area (Å²) < 4.78 is 0. The number of rotatable bonds is 7. The molecule has 2 atom stereocenters. The molecular formula is C20H39NO2S. The van der Waals surface area contributed by atoms with Crippen LogP contribution in [0.5, 0.6) is 0 Å². The number of aliphatic hydroxyl groups excluding tert-OH is 1. The molecule has 0 aromatic carbocycles. The summed E-state index contributed by atoms with van der Waals surface area (Å²) in [6.45, 7) is 17.0. The molecule has 1 heterocycles. The van der Waals surface area contributed by atoms with Gasteiger partial charge in [-0.15, -0.1) is 0 Å². The summed E-state index contributed by atoms with van der Waals surface area (Å²) in [6, 6.07) is 3.99. The number of hydrogen-bond acceptors (Lipinski definition) is 4. The van der Waals surface area contributed by atoms with Crippen LogP contribution >= 0.6 is 11.3 Å². The lowest BCUT2D eigenvalue weighted by Crippen LogP contribution is -2.32. The Morgan fingerprint density at radius 2 is 1.71 bits per heavy atom. The van der Waals surface area contributed by atoms with E-state index in [1.54, 1.807) is 18.3 Å². The summed E-state index contributed by atoms with van der Waals surface area (Å²) >= 11 is 1.71. The van der Waals surface area contributed by atoms with E-state index >= 15 is 0 Å². The second-order valence-corrected chi connectivity index (χ2v) is 6.10. The molecule has 0 bridgehead atoms. The molecule has 1 rings (SSSR count). The number of ketones is 1. The Morgan fingerprint density at radius 1 is 1.21 bits per heavy atom. The average Bonchev–Trinajstić information content (AvgIpc) is 3.12. The summed E-state index contributed by atoms with van der Waals surface area (Å²) in [4.78, 5) is 10.8. The Balaban J connectivity index is -0.000000274. The third kappa shape index (κ3) is 25.8. The number of thiophene rings is 1. The maximum atomic E-state index is 10.8. The van der Waals surface area contributed by atoms with E-state index < -0.39 is 0 Å². The molecule has 0 fully saturated rings. The highest BCUT2D eigenvalue weighted by atomic mass is 32.1. The van der Waals surface area contributed by atoms with Crippen LogP contribution in [0.3, 0.4) is 0 Å². The second kappa shape index (κ2) is 21.9. The van der Waals surface area contributed by atoms with Crippen molar-refractivity contribution in [2.45, 2.75) is 86.3 Å². The zero-order valence-corrected chi connectivity index (χ0v) is 17.6. The molecule has 2 N–H and O–H groups in total. The monoisotopic (exact) mass is 357 g/mol. The van der Waals surface area contributed by atoms with Crippen LogP contribution in [0.25, 0.3) is 0 Å². The Morgan fingerprint density at radius 3 is 1.83 bits per heavy atom. The van der Waals surface area contributed by atoms with Crippen LogP contribution in [0.2, 0.25) is 0 Å². The van der Waals surface area contributed by atoms with Gasteiger partial charge in [0.1, 0.15) is 0 Å². The fourth-order valence-corrected chi connectivity index (χ4v) is 1.97. The van der Waals surface area contributed by atoms with Crippen molar-refractivity contribution in [1.29, 1.82) is 0 Å². The standard InChI is InChI=1S/C8H15NO.C6H14O.C4H4S.C2H6/c1-5-8(7(4)10)9-6(2)3;1-3-4-5-6(2)7;1-2-4-5-3-1;1-2/h8-9H,2,5H2,1,3-4H3;6-7H,3-5H2,1-2H3;1-4H;1-2H3/t8-;;;/m0.../s1. The fraction of sp³-hybridized carbons (Fsp3) is 0.650. The van der Waals surface area contributed by atoms with Gasteiger partial charge in [0.15, 0.2) is 5.78 Å². The van der Waals surface area contributed by atoms with Crippen LogP contribution in [0, 0.1) is 0 Å². The van der Waals surface area contributed by atoms with E-state index in [4.69, 9.17) is 5.11 Å². The van der Waals surface area contributed by atoms with Crippen molar-refractivity contribution in [1.82, 2.24) is 5.32 Å². The minimum Gasteiger partial charge on any atom is -0.393 e. The maximum absolute atomic E-state index is 10.8. The summed E-state index contributed by atoms with van der Waals surface area (Å²) in [5.41, 5.74) is 0.849. The zero-order valence-electron chi connectivity index (χ0n) is 16.8. The predicted molar refractivity (Wildman–Crippen MR) is 110 cm³/mol. The summed E-state index contributed by atoms with van der Waals surface area (Å²) in [5.74, 6) is 0.172. The van der Waals surface area contributed by atoms with Crippen molar-refractivity contribution < 1.29 is 9.90 Å². The maximum Gasteiger partial charge on any atom is 0.151 e. The lowest BCUT2D eigenvalue weighted by atomic mass is 10.1. The van der Waals surface area contributed by atoms with E-state index in [9.17, 15) is 4.79 Å². The van der Waals surface area contributed by atoms with E-state index in [-0.39, 0.29) is 17.9 Å². The fourth-order valence-electron chi connectivity index (χ4n) is 1.51. The number of allylic oxidation sites excluding steroid dienone is 1. The normalized spacial score (nSPS) is 11.2. The molecule has 1 aromatic rings. The van der Waals surface area contributed by atoms with Gasteiger partial charge in [-0.1, -0.05) is 59.2 Å². The first-order chi connectivity index (χ1) is 11.3. The van der Waals surface area contributed by atoms with E-state index in [1.807, 2.05) is 57.5 Å².